The second-order valence-corrected chi connectivity index (χ2v) is 5.28. The van der Waals surface area contributed by atoms with Gasteiger partial charge in [0.2, 0.25) is 0 Å². The molecule has 1 heterocycles. The lowest BCUT2D eigenvalue weighted by atomic mass is 9.87. The van der Waals surface area contributed by atoms with Crippen molar-refractivity contribution >= 4 is 28.9 Å². The molecule has 1 aliphatic rings. The van der Waals surface area contributed by atoms with E-state index in [0.29, 0.717) is 10.0 Å². The first kappa shape index (κ1) is 10.1. The lowest BCUT2D eigenvalue weighted by molar-refractivity contribution is 0.563. The standard InChI is InChI=1S/C11H13Cl2N/c1-11(2)6-14(3)8-5-4-7(12)10(13)9(8)11/h4-5H,6H2,1-3H3. The Kier molecular flexibility index (Phi) is 2.20. The molecule has 1 aromatic rings. The molecule has 0 amide bonds. The summed E-state index contributed by atoms with van der Waals surface area (Å²) in [4.78, 5) is 2.22. The average Bonchev–Trinajstić information content (AvgIpc) is 2.29. The predicted molar refractivity (Wildman–Crippen MR) is 62.8 cm³/mol. The van der Waals surface area contributed by atoms with Crippen LogP contribution in [-0.4, -0.2) is 13.6 Å². The molecule has 1 nitrogen and oxygen atoms in total. The zero-order valence-corrected chi connectivity index (χ0v) is 10.1. The number of benzene rings is 1. The SMILES string of the molecule is CN1CC(C)(C)c2c1ccc(Cl)c2Cl. The Bertz CT molecular complexity index is 385. The van der Waals surface area contributed by atoms with Crippen LogP contribution >= 0.6 is 23.2 Å². The van der Waals surface area contributed by atoms with Crippen LogP contribution in [0.15, 0.2) is 12.1 Å². The van der Waals surface area contributed by atoms with Gasteiger partial charge in [-0.25, -0.2) is 0 Å². The van der Waals surface area contributed by atoms with Gasteiger partial charge in [-0.3, -0.25) is 0 Å². The molecular formula is C11H13Cl2N. The maximum Gasteiger partial charge on any atom is 0.0651 e. The van der Waals surface area contributed by atoms with Crippen LogP contribution in [0.2, 0.25) is 10.0 Å². The summed E-state index contributed by atoms with van der Waals surface area (Å²) in [5.41, 5.74) is 2.46. The van der Waals surface area contributed by atoms with Crippen LogP contribution < -0.4 is 4.90 Å². The van der Waals surface area contributed by atoms with E-state index < -0.39 is 0 Å². The highest BCUT2D eigenvalue weighted by Crippen LogP contribution is 2.45. The second kappa shape index (κ2) is 3.04. The number of halogens is 2. The number of fused-ring (bicyclic) bond motifs is 1. The van der Waals surface area contributed by atoms with Crippen LogP contribution in [-0.2, 0) is 5.41 Å². The van der Waals surface area contributed by atoms with E-state index in [2.05, 4.69) is 25.8 Å². The number of anilines is 1. The van der Waals surface area contributed by atoms with E-state index in [9.17, 15) is 0 Å². The van der Waals surface area contributed by atoms with Crippen molar-refractivity contribution in [2.24, 2.45) is 0 Å². The molecule has 3 heteroatoms. The van der Waals surface area contributed by atoms with Crippen LogP contribution in [0.3, 0.4) is 0 Å². The van der Waals surface area contributed by atoms with E-state index in [1.165, 1.54) is 11.3 Å². The molecule has 0 saturated heterocycles. The number of hydrogen-bond acceptors (Lipinski definition) is 1. The summed E-state index contributed by atoms with van der Waals surface area (Å²) in [5, 5.41) is 1.35. The summed E-state index contributed by atoms with van der Waals surface area (Å²) in [6, 6.07) is 3.90. The molecule has 14 heavy (non-hydrogen) atoms. The van der Waals surface area contributed by atoms with Crippen molar-refractivity contribution in [1.29, 1.82) is 0 Å². The Morgan fingerprint density at radius 3 is 2.57 bits per heavy atom. The van der Waals surface area contributed by atoms with Gasteiger partial charge in [0.1, 0.15) is 0 Å². The predicted octanol–water partition coefficient (Wildman–Crippen LogP) is 3.72. The smallest absolute Gasteiger partial charge is 0.0651 e. The fraction of sp³-hybridized carbons (Fsp3) is 0.455. The summed E-state index contributed by atoms with van der Waals surface area (Å²) in [5.74, 6) is 0. The molecule has 0 radical (unpaired) electrons. The maximum absolute atomic E-state index is 6.23. The molecular weight excluding hydrogens is 217 g/mol. The maximum atomic E-state index is 6.23. The molecule has 2 rings (SSSR count). The van der Waals surface area contributed by atoms with Crippen molar-refractivity contribution in [3.63, 3.8) is 0 Å². The van der Waals surface area contributed by atoms with Crippen LogP contribution in [0.25, 0.3) is 0 Å². The van der Waals surface area contributed by atoms with Crippen molar-refractivity contribution in [2.45, 2.75) is 19.3 Å². The summed E-state index contributed by atoms with van der Waals surface area (Å²) in [6.07, 6.45) is 0. The highest BCUT2D eigenvalue weighted by Gasteiger charge is 2.35. The van der Waals surface area contributed by atoms with E-state index >= 15 is 0 Å². The van der Waals surface area contributed by atoms with Gasteiger partial charge in [-0.2, -0.15) is 0 Å². The number of likely N-dealkylation sites (N-methyl/N-ethyl adjacent to an activating group) is 1. The molecule has 1 aliphatic heterocycles. The van der Waals surface area contributed by atoms with Gasteiger partial charge in [0.15, 0.2) is 0 Å². The van der Waals surface area contributed by atoms with Crippen LogP contribution in [0.5, 0.6) is 0 Å². The van der Waals surface area contributed by atoms with E-state index in [1.807, 2.05) is 12.1 Å². The monoisotopic (exact) mass is 229 g/mol. The molecule has 1 aromatic carbocycles. The molecule has 0 aromatic heterocycles. The van der Waals surface area contributed by atoms with Crippen molar-refractivity contribution in [1.82, 2.24) is 0 Å². The van der Waals surface area contributed by atoms with Crippen molar-refractivity contribution < 1.29 is 0 Å². The third kappa shape index (κ3) is 1.31. The van der Waals surface area contributed by atoms with Crippen LogP contribution in [0, 0.1) is 0 Å². The molecule has 0 spiro atoms. The van der Waals surface area contributed by atoms with Gasteiger partial charge >= 0.3 is 0 Å². The van der Waals surface area contributed by atoms with Gasteiger partial charge in [0, 0.05) is 30.3 Å². The zero-order chi connectivity index (χ0) is 10.5. The lowest BCUT2D eigenvalue weighted by Crippen LogP contribution is -2.25. The molecule has 0 N–H and O–H groups in total. The van der Waals surface area contributed by atoms with Gasteiger partial charge in [-0.05, 0) is 12.1 Å². The first-order valence-corrected chi connectivity index (χ1v) is 5.39. The fourth-order valence-corrected chi connectivity index (χ4v) is 2.83. The zero-order valence-electron chi connectivity index (χ0n) is 8.56. The minimum absolute atomic E-state index is 0.0894. The highest BCUT2D eigenvalue weighted by atomic mass is 35.5. The van der Waals surface area contributed by atoms with Crippen molar-refractivity contribution in [3.05, 3.63) is 27.7 Å². The molecule has 0 unspecified atom stereocenters. The average molecular weight is 230 g/mol. The third-order valence-electron chi connectivity index (χ3n) is 2.79. The second-order valence-electron chi connectivity index (χ2n) is 4.50. The molecule has 0 saturated carbocycles. The summed E-state index contributed by atoms with van der Waals surface area (Å²) >= 11 is 12.2. The Hall–Kier alpha value is -0.400. The fourth-order valence-electron chi connectivity index (χ4n) is 2.26. The number of hydrogen-bond donors (Lipinski definition) is 0. The summed E-state index contributed by atoms with van der Waals surface area (Å²) < 4.78 is 0. The molecule has 0 atom stereocenters. The first-order valence-electron chi connectivity index (χ1n) is 4.63. The van der Waals surface area contributed by atoms with Crippen molar-refractivity contribution in [3.8, 4) is 0 Å². The van der Waals surface area contributed by atoms with Gasteiger partial charge in [-0.1, -0.05) is 37.0 Å². The minimum Gasteiger partial charge on any atom is -0.373 e. The Morgan fingerprint density at radius 2 is 1.93 bits per heavy atom. The Balaban J connectivity index is 2.70. The Labute approximate surface area is 94.6 Å². The Morgan fingerprint density at radius 1 is 1.29 bits per heavy atom. The third-order valence-corrected chi connectivity index (χ3v) is 3.60. The van der Waals surface area contributed by atoms with Gasteiger partial charge in [0.05, 0.1) is 10.0 Å². The first-order chi connectivity index (χ1) is 6.43. The normalized spacial score (nSPS) is 18.5. The van der Waals surface area contributed by atoms with Crippen LogP contribution in [0.4, 0.5) is 5.69 Å². The van der Waals surface area contributed by atoms with E-state index in [4.69, 9.17) is 23.2 Å². The summed E-state index contributed by atoms with van der Waals surface area (Å²) in [7, 11) is 2.08. The lowest BCUT2D eigenvalue weighted by Gasteiger charge is -2.19. The van der Waals surface area contributed by atoms with E-state index in [0.717, 1.165) is 6.54 Å². The number of rotatable bonds is 0. The topological polar surface area (TPSA) is 3.24 Å². The van der Waals surface area contributed by atoms with Gasteiger partial charge in [0.25, 0.3) is 0 Å². The van der Waals surface area contributed by atoms with Gasteiger partial charge in [-0.15, -0.1) is 0 Å². The van der Waals surface area contributed by atoms with Crippen LogP contribution in [0.1, 0.15) is 19.4 Å². The largest absolute Gasteiger partial charge is 0.373 e. The molecule has 0 bridgehead atoms. The highest BCUT2D eigenvalue weighted by molar-refractivity contribution is 6.42. The van der Waals surface area contributed by atoms with Crippen molar-refractivity contribution in [2.75, 3.05) is 18.5 Å². The van der Waals surface area contributed by atoms with E-state index in [-0.39, 0.29) is 5.41 Å². The molecule has 0 aliphatic carbocycles. The van der Waals surface area contributed by atoms with E-state index in [1.54, 1.807) is 0 Å². The van der Waals surface area contributed by atoms with Gasteiger partial charge < -0.3 is 4.90 Å². The summed E-state index contributed by atoms with van der Waals surface area (Å²) in [6.45, 7) is 5.37. The molecule has 76 valence electrons. The molecule has 0 fully saturated rings. The number of nitrogens with zero attached hydrogens (tertiary/aromatic N) is 1. The quantitative estimate of drug-likeness (QED) is 0.656. The minimum atomic E-state index is 0.0894.